The van der Waals surface area contributed by atoms with E-state index in [1.165, 1.54) is 15.4 Å². The average molecular weight is 342 g/mol. The van der Waals surface area contributed by atoms with E-state index in [4.69, 9.17) is 9.72 Å². The summed E-state index contributed by atoms with van der Waals surface area (Å²) in [5.41, 5.74) is 4.26. The van der Waals surface area contributed by atoms with Crippen molar-refractivity contribution in [2.45, 2.75) is 45.8 Å². The highest BCUT2D eigenvalue weighted by atomic mass is 32.1. The van der Waals surface area contributed by atoms with Gasteiger partial charge in [0.15, 0.2) is 0 Å². The maximum absolute atomic E-state index is 12.9. The predicted molar refractivity (Wildman–Crippen MR) is 94.4 cm³/mol. The van der Waals surface area contributed by atoms with Gasteiger partial charge in [-0.1, -0.05) is 6.07 Å². The molecule has 126 valence electrons. The third-order valence-electron chi connectivity index (χ3n) is 5.07. The molecule has 24 heavy (non-hydrogen) atoms. The Morgan fingerprint density at radius 2 is 2.12 bits per heavy atom. The number of likely N-dealkylation sites (tertiary alicyclic amines) is 1. The molecule has 0 saturated carbocycles. The van der Waals surface area contributed by atoms with E-state index in [2.05, 4.69) is 13.8 Å². The second kappa shape index (κ2) is 6.30. The van der Waals surface area contributed by atoms with Crippen molar-refractivity contribution < 1.29 is 9.53 Å². The molecule has 2 aromatic rings. The summed E-state index contributed by atoms with van der Waals surface area (Å²) in [6.07, 6.45) is 2.16. The molecular formula is C19H22N2O2S. The molecule has 1 amide bonds. The number of benzene rings is 1. The van der Waals surface area contributed by atoms with Gasteiger partial charge in [-0.05, 0) is 49.9 Å². The molecule has 4 nitrogen and oxygen atoms in total. The van der Waals surface area contributed by atoms with Gasteiger partial charge in [-0.25, -0.2) is 4.98 Å². The van der Waals surface area contributed by atoms with Gasteiger partial charge in [-0.3, -0.25) is 4.79 Å². The Morgan fingerprint density at radius 1 is 1.29 bits per heavy atom. The summed E-state index contributed by atoms with van der Waals surface area (Å²) in [7, 11) is 0. The summed E-state index contributed by atoms with van der Waals surface area (Å²) in [6, 6.07) is 5.98. The lowest BCUT2D eigenvalue weighted by atomic mass is 9.97. The van der Waals surface area contributed by atoms with Crippen molar-refractivity contribution in [1.82, 2.24) is 9.88 Å². The summed E-state index contributed by atoms with van der Waals surface area (Å²) < 4.78 is 5.45. The molecule has 3 heterocycles. The van der Waals surface area contributed by atoms with Crippen molar-refractivity contribution in [1.29, 1.82) is 0 Å². The second-order valence-electron chi connectivity index (χ2n) is 6.76. The number of rotatable bonds is 2. The molecule has 1 atom stereocenters. The summed E-state index contributed by atoms with van der Waals surface area (Å²) in [4.78, 5) is 20.9. The van der Waals surface area contributed by atoms with Gasteiger partial charge in [0, 0.05) is 29.4 Å². The number of piperidine rings is 1. The zero-order valence-corrected chi connectivity index (χ0v) is 15.0. The van der Waals surface area contributed by atoms with Gasteiger partial charge in [0.2, 0.25) is 0 Å². The third kappa shape index (κ3) is 2.87. The molecule has 2 aliphatic rings. The van der Waals surface area contributed by atoms with E-state index in [9.17, 15) is 4.79 Å². The predicted octanol–water partition coefficient (Wildman–Crippen LogP) is 3.81. The largest absolute Gasteiger partial charge is 0.372 e. The summed E-state index contributed by atoms with van der Waals surface area (Å²) >= 11 is 1.78. The maximum atomic E-state index is 12.9. The summed E-state index contributed by atoms with van der Waals surface area (Å²) in [5, 5.41) is 1.19. The van der Waals surface area contributed by atoms with Crippen LogP contribution in [0.2, 0.25) is 0 Å². The molecule has 1 aromatic heterocycles. The van der Waals surface area contributed by atoms with E-state index in [1.54, 1.807) is 11.3 Å². The molecule has 0 N–H and O–H groups in total. The topological polar surface area (TPSA) is 42.4 Å². The number of nitrogens with zero attached hydrogens (tertiary/aromatic N) is 2. The molecule has 5 heteroatoms. The van der Waals surface area contributed by atoms with Crippen molar-refractivity contribution in [3.8, 4) is 0 Å². The molecule has 1 aromatic carbocycles. The number of carbonyl (C=O) groups is 1. The van der Waals surface area contributed by atoms with E-state index < -0.39 is 0 Å². The van der Waals surface area contributed by atoms with E-state index in [-0.39, 0.29) is 5.91 Å². The number of carbonyl (C=O) groups excluding carboxylic acids is 1. The number of fused-ring (bicyclic) bond motifs is 1. The number of hydrogen-bond donors (Lipinski definition) is 0. The van der Waals surface area contributed by atoms with Crippen molar-refractivity contribution in [2.24, 2.45) is 0 Å². The quantitative estimate of drug-likeness (QED) is 0.833. The monoisotopic (exact) mass is 342 g/mol. The fourth-order valence-corrected chi connectivity index (χ4v) is 4.57. The van der Waals surface area contributed by atoms with Crippen LogP contribution in [0.25, 0.3) is 0 Å². The molecule has 0 bridgehead atoms. The Bertz CT molecular complexity index is 764. The standard InChI is InChI=1S/C19H22N2O2S/c1-12-13(2)24-18(20-12)15-4-3-7-21(9-15)19(22)14-5-6-16-10-23-11-17(16)8-14/h5-6,8,15H,3-4,7,9-11H2,1-2H3/t15-/m1/s1. The highest BCUT2D eigenvalue weighted by molar-refractivity contribution is 7.11. The van der Waals surface area contributed by atoms with E-state index in [1.807, 2.05) is 23.1 Å². The SMILES string of the molecule is Cc1nc([C@@H]2CCCN(C(=O)c3ccc4c(c3)COC4)C2)sc1C. The fraction of sp³-hybridized carbons (Fsp3) is 0.474. The van der Waals surface area contributed by atoms with Crippen molar-refractivity contribution in [3.05, 3.63) is 50.5 Å². The van der Waals surface area contributed by atoms with Crippen LogP contribution in [-0.2, 0) is 18.0 Å². The first kappa shape index (κ1) is 15.8. The molecule has 4 rings (SSSR count). The van der Waals surface area contributed by atoms with E-state index in [0.717, 1.165) is 42.8 Å². The van der Waals surface area contributed by atoms with Crippen LogP contribution < -0.4 is 0 Å². The first-order valence-electron chi connectivity index (χ1n) is 8.54. The Kier molecular flexibility index (Phi) is 4.14. The van der Waals surface area contributed by atoms with Crippen LogP contribution in [0.4, 0.5) is 0 Å². The van der Waals surface area contributed by atoms with Crippen LogP contribution in [-0.4, -0.2) is 28.9 Å². The minimum Gasteiger partial charge on any atom is -0.372 e. The lowest BCUT2D eigenvalue weighted by molar-refractivity contribution is 0.0707. The smallest absolute Gasteiger partial charge is 0.253 e. The molecule has 0 radical (unpaired) electrons. The van der Waals surface area contributed by atoms with E-state index >= 15 is 0 Å². The Balaban J connectivity index is 1.52. The van der Waals surface area contributed by atoms with Crippen LogP contribution in [0.5, 0.6) is 0 Å². The number of aryl methyl sites for hydroxylation is 2. The average Bonchev–Trinajstić information content (AvgIpc) is 3.20. The van der Waals surface area contributed by atoms with Gasteiger partial charge in [0.25, 0.3) is 5.91 Å². The zero-order valence-electron chi connectivity index (χ0n) is 14.2. The highest BCUT2D eigenvalue weighted by Crippen LogP contribution is 2.32. The maximum Gasteiger partial charge on any atom is 0.253 e. The Labute approximate surface area is 146 Å². The number of hydrogen-bond acceptors (Lipinski definition) is 4. The third-order valence-corrected chi connectivity index (χ3v) is 6.31. The van der Waals surface area contributed by atoms with Crippen LogP contribution in [0.15, 0.2) is 18.2 Å². The first-order valence-corrected chi connectivity index (χ1v) is 9.36. The molecule has 0 unspecified atom stereocenters. The minimum atomic E-state index is 0.138. The van der Waals surface area contributed by atoms with Crippen LogP contribution in [0.3, 0.4) is 0 Å². The number of amides is 1. The van der Waals surface area contributed by atoms with Crippen LogP contribution >= 0.6 is 11.3 Å². The minimum absolute atomic E-state index is 0.138. The molecule has 0 aliphatic carbocycles. The van der Waals surface area contributed by atoms with Gasteiger partial charge in [0.05, 0.1) is 23.9 Å². The van der Waals surface area contributed by atoms with Gasteiger partial charge >= 0.3 is 0 Å². The van der Waals surface area contributed by atoms with E-state index in [0.29, 0.717) is 19.1 Å². The second-order valence-corrected chi connectivity index (χ2v) is 8.00. The zero-order chi connectivity index (χ0) is 16.7. The lowest BCUT2D eigenvalue weighted by Crippen LogP contribution is -2.39. The summed E-state index contributed by atoms with van der Waals surface area (Å²) in [6.45, 7) is 7.09. The molecule has 1 saturated heterocycles. The molecule has 1 fully saturated rings. The first-order chi connectivity index (χ1) is 11.6. The normalized spacial score (nSPS) is 20.2. The van der Waals surface area contributed by atoms with Crippen molar-refractivity contribution in [3.63, 3.8) is 0 Å². The molecular weight excluding hydrogens is 320 g/mol. The highest BCUT2D eigenvalue weighted by Gasteiger charge is 2.28. The number of thiazole rings is 1. The number of ether oxygens (including phenoxy) is 1. The van der Waals surface area contributed by atoms with Crippen LogP contribution in [0, 0.1) is 13.8 Å². The van der Waals surface area contributed by atoms with Gasteiger partial charge in [-0.15, -0.1) is 11.3 Å². The van der Waals surface area contributed by atoms with Gasteiger partial charge < -0.3 is 9.64 Å². The lowest BCUT2D eigenvalue weighted by Gasteiger charge is -2.32. The molecule has 2 aliphatic heterocycles. The Morgan fingerprint density at radius 3 is 2.92 bits per heavy atom. The van der Waals surface area contributed by atoms with Crippen LogP contribution in [0.1, 0.15) is 55.8 Å². The number of aromatic nitrogens is 1. The Hall–Kier alpha value is -1.72. The summed E-state index contributed by atoms with van der Waals surface area (Å²) in [5.74, 6) is 0.511. The van der Waals surface area contributed by atoms with Crippen molar-refractivity contribution in [2.75, 3.05) is 13.1 Å². The van der Waals surface area contributed by atoms with Gasteiger partial charge in [0.1, 0.15) is 0 Å². The van der Waals surface area contributed by atoms with Gasteiger partial charge in [-0.2, -0.15) is 0 Å². The fourth-order valence-electron chi connectivity index (χ4n) is 3.52. The molecule has 0 spiro atoms. The van der Waals surface area contributed by atoms with Crippen molar-refractivity contribution >= 4 is 17.2 Å².